The lowest BCUT2D eigenvalue weighted by atomic mass is 9.79. The number of aliphatic hydroxyl groups is 1. The van der Waals surface area contributed by atoms with Crippen LogP contribution in [0.15, 0.2) is 35.2 Å². The Morgan fingerprint density at radius 2 is 1.96 bits per heavy atom. The molecule has 1 aromatic heterocycles. The maximum Gasteiger partial charge on any atom is 0.251 e. The van der Waals surface area contributed by atoms with Crippen LogP contribution in [-0.2, 0) is 0 Å². The molecule has 2 N–H and O–H groups in total. The van der Waals surface area contributed by atoms with Crippen molar-refractivity contribution in [2.45, 2.75) is 33.1 Å². The van der Waals surface area contributed by atoms with Crippen molar-refractivity contribution in [3.8, 4) is 11.4 Å². The molecule has 0 spiro atoms. The molecule has 0 unspecified atom stereocenters. The number of aromatic nitrogens is 2. The van der Waals surface area contributed by atoms with Gasteiger partial charge in [-0.2, -0.15) is 4.98 Å². The normalized spacial score (nSPS) is 11.4. The van der Waals surface area contributed by atoms with Crippen LogP contribution in [0.2, 0.25) is 0 Å². The summed E-state index contributed by atoms with van der Waals surface area (Å²) in [6.45, 7) is 4.87. The first-order valence-corrected chi connectivity index (χ1v) is 7.90. The van der Waals surface area contributed by atoms with Gasteiger partial charge in [0.25, 0.3) is 5.91 Å². The van der Waals surface area contributed by atoms with Crippen molar-refractivity contribution in [2.75, 3.05) is 13.2 Å². The third-order valence-corrected chi connectivity index (χ3v) is 4.53. The molecule has 0 fully saturated rings. The molecule has 6 heteroatoms. The third-order valence-electron chi connectivity index (χ3n) is 4.53. The van der Waals surface area contributed by atoms with Gasteiger partial charge in [0.05, 0.1) is 0 Å². The Hall–Kier alpha value is -2.21. The fraction of sp³-hybridized carbons (Fsp3) is 0.471. The van der Waals surface area contributed by atoms with Gasteiger partial charge in [-0.05, 0) is 36.8 Å². The first kappa shape index (κ1) is 17.1. The smallest absolute Gasteiger partial charge is 0.251 e. The second kappa shape index (κ2) is 7.87. The molecule has 1 heterocycles. The van der Waals surface area contributed by atoms with Crippen LogP contribution in [0.5, 0.6) is 0 Å². The molecule has 2 rings (SSSR count). The van der Waals surface area contributed by atoms with Crippen LogP contribution in [0.3, 0.4) is 0 Å². The van der Waals surface area contributed by atoms with Gasteiger partial charge in [-0.15, -0.1) is 0 Å². The van der Waals surface area contributed by atoms with E-state index in [2.05, 4.69) is 29.3 Å². The molecular weight excluding hydrogens is 294 g/mol. The number of amides is 1. The molecule has 6 nitrogen and oxygen atoms in total. The molecule has 0 bridgehead atoms. The number of nitrogens with zero attached hydrogens (tertiary/aromatic N) is 2. The van der Waals surface area contributed by atoms with E-state index in [0.717, 1.165) is 18.4 Å². The predicted octanol–water partition coefficient (Wildman–Crippen LogP) is 2.66. The summed E-state index contributed by atoms with van der Waals surface area (Å²) >= 11 is 0. The van der Waals surface area contributed by atoms with E-state index >= 15 is 0 Å². The number of carbonyl (C=O) groups excluding carboxylic acids is 1. The van der Waals surface area contributed by atoms with E-state index in [1.807, 2.05) is 0 Å². The summed E-state index contributed by atoms with van der Waals surface area (Å²) in [4.78, 5) is 16.3. The van der Waals surface area contributed by atoms with Gasteiger partial charge in [0.1, 0.15) is 0 Å². The number of carbonyl (C=O) groups is 1. The average molecular weight is 317 g/mol. The van der Waals surface area contributed by atoms with Gasteiger partial charge in [0.15, 0.2) is 0 Å². The minimum absolute atomic E-state index is 0.0466. The molecule has 0 saturated heterocycles. The Morgan fingerprint density at radius 3 is 2.48 bits per heavy atom. The lowest BCUT2D eigenvalue weighted by molar-refractivity contribution is 0.0907. The molecule has 0 saturated carbocycles. The molecule has 2 aromatic rings. The summed E-state index contributed by atoms with van der Waals surface area (Å²) in [5, 5.41) is 16.0. The van der Waals surface area contributed by atoms with Gasteiger partial charge in [-0.3, -0.25) is 4.79 Å². The average Bonchev–Trinajstić information content (AvgIpc) is 3.13. The van der Waals surface area contributed by atoms with Crippen LogP contribution in [0.1, 0.15) is 43.5 Å². The monoisotopic (exact) mass is 317 g/mol. The van der Waals surface area contributed by atoms with Gasteiger partial charge in [-0.25, -0.2) is 0 Å². The lowest BCUT2D eigenvalue weighted by Crippen LogP contribution is -2.37. The van der Waals surface area contributed by atoms with Crippen LogP contribution >= 0.6 is 0 Å². The summed E-state index contributed by atoms with van der Waals surface area (Å²) < 4.78 is 4.71. The number of aliphatic hydroxyl groups excluding tert-OH is 1. The Kier molecular flexibility index (Phi) is 5.87. The van der Waals surface area contributed by atoms with Crippen molar-refractivity contribution < 1.29 is 14.4 Å². The SMILES string of the molecule is CCC(CC)(CCO)CNC(=O)c1ccc(-c2ncon2)cc1. The van der Waals surface area contributed by atoms with Crippen molar-refractivity contribution in [1.29, 1.82) is 0 Å². The minimum atomic E-state index is -0.117. The van der Waals surface area contributed by atoms with Gasteiger partial charge in [-0.1, -0.05) is 31.1 Å². The molecule has 0 aliphatic heterocycles. The van der Waals surface area contributed by atoms with Gasteiger partial charge in [0, 0.05) is 24.3 Å². The summed E-state index contributed by atoms with van der Waals surface area (Å²) in [6, 6.07) is 7.07. The molecule has 1 aromatic carbocycles. The Bertz CT molecular complexity index is 605. The van der Waals surface area contributed by atoms with Crippen molar-refractivity contribution in [3.63, 3.8) is 0 Å². The zero-order chi connectivity index (χ0) is 16.7. The van der Waals surface area contributed by atoms with Crippen LogP contribution in [0.25, 0.3) is 11.4 Å². The van der Waals surface area contributed by atoms with E-state index in [1.54, 1.807) is 24.3 Å². The highest BCUT2D eigenvalue weighted by atomic mass is 16.5. The van der Waals surface area contributed by atoms with Crippen LogP contribution in [0, 0.1) is 5.41 Å². The van der Waals surface area contributed by atoms with Gasteiger partial charge < -0.3 is 14.9 Å². The van der Waals surface area contributed by atoms with E-state index in [1.165, 1.54) is 6.39 Å². The van der Waals surface area contributed by atoms with E-state index in [-0.39, 0.29) is 17.9 Å². The largest absolute Gasteiger partial charge is 0.396 e. The number of benzene rings is 1. The Balaban J connectivity index is 2.00. The van der Waals surface area contributed by atoms with Crippen LogP contribution in [0.4, 0.5) is 0 Å². The Morgan fingerprint density at radius 1 is 1.26 bits per heavy atom. The fourth-order valence-electron chi connectivity index (χ4n) is 2.62. The number of nitrogens with one attached hydrogen (secondary N) is 1. The molecular formula is C17H23N3O3. The first-order valence-electron chi connectivity index (χ1n) is 7.90. The zero-order valence-electron chi connectivity index (χ0n) is 13.6. The number of hydrogen-bond donors (Lipinski definition) is 2. The van der Waals surface area contributed by atoms with Gasteiger partial charge in [0.2, 0.25) is 12.2 Å². The quantitative estimate of drug-likeness (QED) is 0.781. The zero-order valence-corrected chi connectivity index (χ0v) is 13.6. The second-order valence-corrected chi connectivity index (χ2v) is 5.70. The molecule has 1 amide bonds. The standard InChI is InChI=1S/C17H23N3O3/c1-3-17(4-2,9-10-21)11-18-16(22)14-7-5-13(6-8-14)15-19-12-23-20-15/h5-8,12,21H,3-4,9-11H2,1-2H3,(H,18,22). The topological polar surface area (TPSA) is 88.2 Å². The minimum Gasteiger partial charge on any atom is -0.396 e. The highest BCUT2D eigenvalue weighted by Gasteiger charge is 2.26. The molecule has 0 aliphatic rings. The maximum atomic E-state index is 12.3. The molecule has 0 aliphatic carbocycles. The van der Waals surface area contributed by atoms with Crippen molar-refractivity contribution in [3.05, 3.63) is 36.2 Å². The van der Waals surface area contributed by atoms with Gasteiger partial charge >= 0.3 is 0 Å². The number of hydrogen-bond acceptors (Lipinski definition) is 5. The van der Waals surface area contributed by atoms with E-state index in [0.29, 0.717) is 24.4 Å². The first-order chi connectivity index (χ1) is 11.1. The summed E-state index contributed by atoms with van der Waals surface area (Å²) in [5.74, 6) is 0.379. The van der Waals surface area contributed by atoms with Crippen molar-refractivity contribution >= 4 is 5.91 Å². The second-order valence-electron chi connectivity index (χ2n) is 5.70. The lowest BCUT2D eigenvalue weighted by Gasteiger charge is -2.31. The maximum absolute atomic E-state index is 12.3. The summed E-state index contributed by atoms with van der Waals surface area (Å²) in [5.41, 5.74) is 1.34. The van der Waals surface area contributed by atoms with Crippen molar-refractivity contribution in [1.82, 2.24) is 15.5 Å². The number of rotatable bonds is 8. The van der Waals surface area contributed by atoms with E-state index in [4.69, 9.17) is 4.52 Å². The third kappa shape index (κ3) is 4.16. The van der Waals surface area contributed by atoms with E-state index < -0.39 is 0 Å². The molecule has 23 heavy (non-hydrogen) atoms. The fourth-order valence-corrected chi connectivity index (χ4v) is 2.62. The van der Waals surface area contributed by atoms with Crippen LogP contribution in [-0.4, -0.2) is 34.3 Å². The highest BCUT2D eigenvalue weighted by Crippen LogP contribution is 2.29. The summed E-state index contributed by atoms with van der Waals surface area (Å²) in [7, 11) is 0. The predicted molar refractivity (Wildman–Crippen MR) is 86.8 cm³/mol. The highest BCUT2D eigenvalue weighted by molar-refractivity contribution is 5.94. The van der Waals surface area contributed by atoms with Crippen molar-refractivity contribution in [2.24, 2.45) is 5.41 Å². The van der Waals surface area contributed by atoms with E-state index in [9.17, 15) is 9.90 Å². The molecule has 0 radical (unpaired) electrons. The summed E-state index contributed by atoms with van der Waals surface area (Å²) in [6.07, 6.45) is 3.80. The van der Waals surface area contributed by atoms with Crippen LogP contribution < -0.4 is 5.32 Å². The Labute approximate surface area is 135 Å². The molecule has 124 valence electrons. The molecule has 0 atom stereocenters.